The molecule has 40 valence electrons. The van der Waals surface area contributed by atoms with Crippen molar-refractivity contribution in [3.8, 4) is 0 Å². The normalized spacial score (nSPS) is 10.7. The molecule has 0 aromatic carbocycles. The maximum Gasteiger partial charge on any atom is 0.249 e. The molecule has 0 spiro atoms. The van der Waals surface area contributed by atoms with Crippen LogP contribution in [0.25, 0.3) is 0 Å². The lowest BCUT2D eigenvalue weighted by atomic mass is 10.6. The number of methoxy groups -OCH3 is 1. The Labute approximate surface area is 41.9 Å². The van der Waals surface area contributed by atoms with Gasteiger partial charge in [0.25, 0.3) is 0 Å². The van der Waals surface area contributed by atoms with Crippen molar-refractivity contribution in [2.45, 2.75) is 0 Å². The summed E-state index contributed by atoms with van der Waals surface area (Å²) in [6.45, 7) is 3.29. The lowest BCUT2D eigenvalue weighted by Gasteiger charge is -1.89. The molecule has 0 aliphatic heterocycles. The first-order valence-corrected chi connectivity index (χ1v) is 1.73. The summed E-state index contributed by atoms with van der Waals surface area (Å²) in [7, 11) is 1.40. The highest BCUT2D eigenvalue weighted by Crippen LogP contribution is 1.75. The third kappa shape index (κ3) is 1.81. The second kappa shape index (κ2) is 3.21. The Kier molecular flexibility index (Phi) is 2.76. The van der Waals surface area contributed by atoms with Gasteiger partial charge in [-0.25, -0.2) is 0 Å². The van der Waals surface area contributed by atoms with Crippen LogP contribution >= 0.6 is 0 Å². The Morgan fingerprint density at radius 1 is 2.00 bits per heavy atom. The van der Waals surface area contributed by atoms with Crippen molar-refractivity contribution in [1.29, 1.82) is 0 Å². The maximum absolute atomic E-state index is 7.92. The molecule has 0 bridgehead atoms. The summed E-state index contributed by atoms with van der Waals surface area (Å²) in [6.07, 6.45) is 1.31. The van der Waals surface area contributed by atoms with E-state index < -0.39 is 0 Å². The van der Waals surface area contributed by atoms with Gasteiger partial charge >= 0.3 is 0 Å². The fourth-order valence-corrected chi connectivity index (χ4v) is 0.165. The number of nitrogens with zero attached hydrogens (tertiary/aromatic N) is 1. The Morgan fingerprint density at radius 3 is 2.57 bits per heavy atom. The molecule has 0 atom stereocenters. The van der Waals surface area contributed by atoms with Crippen molar-refractivity contribution in [2.24, 2.45) is 5.16 Å². The van der Waals surface area contributed by atoms with Crippen LogP contribution in [0.2, 0.25) is 0 Å². The molecular weight excluding hydrogens is 94.0 g/mol. The molecule has 3 heteroatoms. The van der Waals surface area contributed by atoms with E-state index in [4.69, 9.17) is 5.21 Å². The highest BCUT2D eigenvalue weighted by atomic mass is 16.5. The summed E-state index contributed by atoms with van der Waals surface area (Å²) in [5.74, 6) is 0.125. The molecule has 0 rings (SSSR count). The Hall–Kier alpha value is -0.990. The number of ether oxygens (including phenoxy) is 1. The molecule has 7 heavy (non-hydrogen) atoms. The summed E-state index contributed by atoms with van der Waals surface area (Å²) in [4.78, 5) is 0. The second-order valence-corrected chi connectivity index (χ2v) is 0.846. The van der Waals surface area contributed by atoms with Crippen molar-refractivity contribution >= 4 is 5.90 Å². The van der Waals surface area contributed by atoms with Crippen LogP contribution in [0.4, 0.5) is 0 Å². The molecule has 0 aliphatic rings. The molecule has 0 aromatic rings. The zero-order valence-electron chi connectivity index (χ0n) is 4.09. The number of oxime groups is 1. The molecule has 1 N–H and O–H groups in total. The van der Waals surface area contributed by atoms with Gasteiger partial charge in [0.05, 0.1) is 7.11 Å². The quantitative estimate of drug-likeness (QED) is 0.227. The Bertz CT molecular complexity index is 87.7. The minimum Gasteiger partial charge on any atom is -0.479 e. The maximum atomic E-state index is 7.92. The molecule has 0 radical (unpaired) electrons. The Balaban J connectivity index is 3.60. The van der Waals surface area contributed by atoms with Gasteiger partial charge in [0.15, 0.2) is 0 Å². The molecule has 0 saturated heterocycles. The van der Waals surface area contributed by atoms with Gasteiger partial charge in [-0.3, -0.25) is 0 Å². The molecular formula is C4H7NO2. The van der Waals surface area contributed by atoms with E-state index in [0.717, 1.165) is 0 Å². The lowest BCUT2D eigenvalue weighted by molar-refractivity contribution is 0.288. The van der Waals surface area contributed by atoms with Crippen molar-refractivity contribution in [3.05, 3.63) is 12.7 Å². The minimum absolute atomic E-state index is 0.125. The van der Waals surface area contributed by atoms with Crippen LogP contribution in [-0.2, 0) is 4.74 Å². The van der Waals surface area contributed by atoms with Crippen LogP contribution in [0.3, 0.4) is 0 Å². The van der Waals surface area contributed by atoms with E-state index in [1.807, 2.05) is 0 Å². The SMILES string of the molecule is C=CC(=NO)OC. The third-order valence-corrected chi connectivity index (χ3v) is 0.482. The van der Waals surface area contributed by atoms with Crippen LogP contribution in [0, 0.1) is 0 Å². The molecule has 0 unspecified atom stereocenters. The van der Waals surface area contributed by atoms with E-state index in [2.05, 4.69) is 16.5 Å². The molecule has 0 fully saturated rings. The second-order valence-electron chi connectivity index (χ2n) is 0.846. The minimum atomic E-state index is 0.125. The van der Waals surface area contributed by atoms with Crippen LogP contribution in [0.5, 0.6) is 0 Å². The first-order valence-electron chi connectivity index (χ1n) is 1.73. The average Bonchev–Trinajstić information content (AvgIpc) is 1.72. The lowest BCUT2D eigenvalue weighted by Crippen LogP contribution is -1.93. The van der Waals surface area contributed by atoms with Gasteiger partial charge in [0.1, 0.15) is 0 Å². The predicted molar refractivity (Wildman–Crippen MR) is 26.4 cm³/mol. The number of hydrogen-bond acceptors (Lipinski definition) is 3. The predicted octanol–water partition coefficient (Wildman–Crippen LogP) is 0.607. The van der Waals surface area contributed by atoms with E-state index in [-0.39, 0.29) is 5.90 Å². The van der Waals surface area contributed by atoms with Crippen molar-refractivity contribution in [2.75, 3.05) is 7.11 Å². The van der Waals surface area contributed by atoms with Crippen molar-refractivity contribution < 1.29 is 9.94 Å². The van der Waals surface area contributed by atoms with Crippen LogP contribution < -0.4 is 0 Å². The zero-order chi connectivity index (χ0) is 5.70. The largest absolute Gasteiger partial charge is 0.479 e. The molecule has 0 aromatic heterocycles. The van der Waals surface area contributed by atoms with Gasteiger partial charge in [0, 0.05) is 0 Å². The van der Waals surface area contributed by atoms with Crippen LogP contribution in [0.15, 0.2) is 17.8 Å². The summed E-state index contributed by atoms with van der Waals surface area (Å²) >= 11 is 0. The van der Waals surface area contributed by atoms with Crippen LogP contribution in [-0.4, -0.2) is 18.2 Å². The molecule has 0 amide bonds. The molecule has 0 saturated carbocycles. The summed E-state index contributed by atoms with van der Waals surface area (Å²) in [6, 6.07) is 0. The molecule has 0 aliphatic carbocycles. The van der Waals surface area contributed by atoms with E-state index in [0.29, 0.717) is 0 Å². The van der Waals surface area contributed by atoms with Gasteiger partial charge in [-0.2, -0.15) is 0 Å². The highest BCUT2D eigenvalue weighted by Gasteiger charge is 1.82. The average molecular weight is 101 g/mol. The van der Waals surface area contributed by atoms with Gasteiger partial charge in [0.2, 0.25) is 5.90 Å². The third-order valence-electron chi connectivity index (χ3n) is 0.482. The van der Waals surface area contributed by atoms with E-state index >= 15 is 0 Å². The van der Waals surface area contributed by atoms with E-state index in [9.17, 15) is 0 Å². The van der Waals surface area contributed by atoms with Crippen molar-refractivity contribution in [3.63, 3.8) is 0 Å². The molecule has 3 nitrogen and oxygen atoms in total. The fraction of sp³-hybridized carbons (Fsp3) is 0.250. The smallest absolute Gasteiger partial charge is 0.249 e. The van der Waals surface area contributed by atoms with Gasteiger partial charge in [-0.15, -0.1) is 0 Å². The summed E-state index contributed by atoms with van der Waals surface area (Å²) in [5.41, 5.74) is 0. The Morgan fingerprint density at radius 2 is 2.57 bits per heavy atom. The van der Waals surface area contributed by atoms with Gasteiger partial charge in [-0.05, 0) is 11.2 Å². The first-order chi connectivity index (χ1) is 3.35. The summed E-state index contributed by atoms with van der Waals surface area (Å²) < 4.78 is 4.43. The van der Waals surface area contributed by atoms with E-state index in [1.165, 1.54) is 13.2 Å². The number of hydrogen-bond donors (Lipinski definition) is 1. The van der Waals surface area contributed by atoms with Gasteiger partial charge in [-0.1, -0.05) is 6.58 Å². The standard InChI is InChI=1S/C4H7NO2/c1-3-4(5-6)7-2/h3,6H,1H2,2H3. The zero-order valence-corrected chi connectivity index (χ0v) is 4.09. The van der Waals surface area contributed by atoms with Gasteiger partial charge < -0.3 is 9.94 Å². The topological polar surface area (TPSA) is 41.8 Å². The number of rotatable bonds is 1. The first kappa shape index (κ1) is 6.01. The van der Waals surface area contributed by atoms with E-state index in [1.54, 1.807) is 0 Å². The van der Waals surface area contributed by atoms with Crippen molar-refractivity contribution in [1.82, 2.24) is 0 Å². The highest BCUT2D eigenvalue weighted by molar-refractivity contribution is 5.86. The monoisotopic (exact) mass is 101 g/mol. The summed E-state index contributed by atoms with van der Waals surface area (Å²) in [5, 5.41) is 10.6. The fourth-order valence-electron chi connectivity index (χ4n) is 0.165. The van der Waals surface area contributed by atoms with Crippen LogP contribution in [0.1, 0.15) is 0 Å². The molecule has 0 heterocycles.